The lowest BCUT2D eigenvalue weighted by Crippen LogP contribution is -2.43. The van der Waals surface area contributed by atoms with E-state index in [9.17, 15) is 24.3 Å². The van der Waals surface area contributed by atoms with Crippen molar-refractivity contribution in [2.24, 2.45) is 5.73 Å². The van der Waals surface area contributed by atoms with Gasteiger partial charge >= 0.3 is 6.03 Å². The maximum absolute atomic E-state index is 12.3. The zero-order chi connectivity index (χ0) is 17.2. The number of aliphatic carboxylic acids is 1. The number of hydrogen-bond donors (Lipinski definition) is 2. The SMILES string of the molecule is C[C@]1(c2ccc(OCC(N)=O)cc2)NC(=O)N(CC(=O)[O-])C1=O. The molecular formula is C14H14N3O6-. The van der Waals surface area contributed by atoms with Crippen LogP contribution in [0.2, 0.25) is 0 Å². The molecule has 0 aliphatic carbocycles. The van der Waals surface area contributed by atoms with Gasteiger partial charge in [-0.1, -0.05) is 12.1 Å². The molecule has 1 atom stereocenters. The van der Waals surface area contributed by atoms with Crippen LogP contribution in [0, 0.1) is 0 Å². The Hall–Kier alpha value is -3.10. The van der Waals surface area contributed by atoms with Gasteiger partial charge < -0.3 is 25.7 Å². The van der Waals surface area contributed by atoms with Crippen LogP contribution in [0.5, 0.6) is 5.75 Å². The standard InChI is InChI=1S/C14H15N3O6/c1-14(12(21)17(6-11(19)20)13(22)16-14)8-2-4-9(5-3-8)23-7-10(15)18/h2-5H,6-7H2,1H3,(H2,15,18)(H,16,22)(H,19,20)/p-1/t14-/m1/s1. The molecule has 122 valence electrons. The van der Waals surface area contributed by atoms with Crippen LogP contribution in [0.1, 0.15) is 12.5 Å². The maximum Gasteiger partial charge on any atom is 0.325 e. The van der Waals surface area contributed by atoms with Gasteiger partial charge in [0.1, 0.15) is 11.3 Å². The predicted molar refractivity (Wildman–Crippen MR) is 73.7 cm³/mol. The van der Waals surface area contributed by atoms with Gasteiger partial charge in [0.05, 0.1) is 12.5 Å². The first-order valence-corrected chi connectivity index (χ1v) is 6.59. The fraction of sp³-hybridized carbons (Fsp3) is 0.286. The number of nitrogens with one attached hydrogen (secondary N) is 1. The maximum atomic E-state index is 12.3. The van der Waals surface area contributed by atoms with Crippen LogP contribution < -0.4 is 20.9 Å². The van der Waals surface area contributed by atoms with Gasteiger partial charge in [-0.25, -0.2) is 4.79 Å². The highest BCUT2D eigenvalue weighted by molar-refractivity contribution is 6.08. The van der Waals surface area contributed by atoms with E-state index in [0.717, 1.165) is 0 Å². The van der Waals surface area contributed by atoms with E-state index in [1.165, 1.54) is 31.2 Å². The van der Waals surface area contributed by atoms with Gasteiger partial charge in [0.15, 0.2) is 6.61 Å². The molecule has 1 aromatic carbocycles. The average Bonchev–Trinajstić information content (AvgIpc) is 2.70. The van der Waals surface area contributed by atoms with Crippen LogP contribution in [0.4, 0.5) is 4.79 Å². The van der Waals surface area contributed by atoms with Crippen molar-refractivity contribution in [3.05, 3.63) is 29.8 Å². The zero-order valence-corrected chi connectivity index (χ0v) is 12.2. The predicted octanol–water partition coefficient (Wildman–Crippen LogP) is -1.93. The van der Waals surface area contributed by atoms with E-state index in [4.69, 9.17) is 10.5 Å². The Morgan fingerprint density at radius 1 is 1.30 bits per heavy atom. The average molecular weight is 320 g/mol. The fourth-order valence-corrected chi connectivity index (χ4v) is 2.20. The van der Waals surface area contributed by atoms with Crippen molar-refractivity contribution in [3.63, 3.8) is 0 Å². The van der Waals surface area contributed by atoms with Crippen LogP contribution >= 0.6 is 0 Å². The Kier molecular flexibility index (Phi) is 4.21. The minimum atomic E-state index is -1.53. The summed E-state index contributed by atoms with van der Waals surface area (Å²) in [5.74, 6) is -2.50. The van der Waals surface area contributed by atoms with Gasteiger partial charge in [0, 0.05) is 0 Å². The molecule has 1 saturated heterocycles. The molecule has 2 rings (SSSR count). The van der Waals surface area contributed by atoms with Gasteiger partial charge in [0.2, 0.25) is 0 Å². The first-order chi connectivity index (χ1) is 10.7. The molecule has 0 aromatic heterocycles. The molecule has 0 unspecified atom stereocenters. The Labute approximate surface area is 131 Å². The lowest BCUT2D eigenvalue weighted by molar-refractivity contribution is -0.305. The fourth-order valence-electron chi connectivity index (χ4n) is 2.20. The molecule has 1 aliphatic heterocycles. The van der Waals surface area contributed by atoms with E-state index < -0.39 is 35.9 Å². The second kappa shape index (κ2) is 5.95. The van der Waals surface area contributed by atoms with Crippen molar-refractivity contribution >= 4 is 23.8 Å². The molecule has 3 N–H and O–H groups in total. The summed E-state index contributed by atoms with van der Waals surface area (Å²) in [7, 11) is 0. The van der Waals surface area contributed by atoms with Gasteiger partial charge in [0.25, 0.3) is 11.8 Å². The first kappa shape index (κ1) is 16.3. The molecule has 0 radical (unpaired) electrons. The first-order valence-electron chi connectivity index (χ1n) is 6.59. The number of ether oxygens (including phenoxy) is 1. The minimum Gasteiger partial charge on any atom is -0.548 e. The summed E-state index contributed by atoms with van der Waals surface area (Å²) in [6.07, 6.45) is 0. The molecule has 1 aromatic rings. The smallest absolute Gasteiger partial charge is 0.325 e. The molecule has 9 heteroatoms. The number of urea groups is 1. The van der Waals surface area contributed by atoms with Crippen LogP contribution in [-0.2, 0) is 19.9 Å². The second-order valence-corrected chi connectivity index (χ2v) is 5.10. The number of benzene rings is 1. The van der Waals surface area contributed by atoms with E-state index >= 15 is 0 Å². The van der Waals surface area contributed by atoms with Crippen LogP contribution in [0.25, 0.3) is 0 Å². The summed E-state index contributed by atoms with van der Waals surface area (Å²) < 4.78 is 5.10. The van der Waals surface area contributed by atoms with E-state index in [1.807, 2.05) is 0 Å². The number of carboxylic acids is 1. The summed E-state index contributed by atoms with van der Waals surface area (Å²) >= 11 is 0. The highest BCUT2D eigenvalue weighted by Crippen LogP contribution is 2.29. The summed E-state index contributed by atoms with van der Waals surface area (Å²) in [4.78, 5) is 46.0. The number of carbonyl (C=O) groups is 4. The molecule has 23 heavy (non-hydrogen) atoms. The van der Waals surface area contributed by atoms with Gasteiger partial charge in [-0.2, -0.15) is 0 Å². The lowest BCUT2D eigenvalue weighted by Gasteiger charge is -2.22. The molecule has 4 amide bonds. The third-order valence-electron chi connectivity index (χ3n) is 3.37. The van der Waals surface area contributed by atoms with Crippen molar-refractivity contribution in [1.29, 1.82) is 0 Å². The van der Waals surface area contributed by atoms with E-state index in [-0.39, 0.29) is 6.61 Å². The molecule has 0 bridgehead atoms. The molecule has 0 saturated carbocycles. The number of primary amides is 1. The molecule has 0 spiro atoms. The zero-order valence-electron chi connectivity index (χ0n) is 12.2. The van der Waals surface area contributed by atoms with Gasteiger partial charge in [-0.3, -0.25) is 14.5 Å². The van der Waals surface area contributed by atoms with E-state index in [1.54, 1.807) is 0 Å². The van der Waals surface area contributed by atoms with Crippen LogP contribution in [0.3, 0.4) is 0 Å². The molecule has 1 fully saturated rings. The summed E-state index contributed by atoms with van der Waals surface area (Å²) in [5.41, 5.74) is 4.00. The number of rotatable bonds is 6. The number of carbonyl (C=O) groups excluding carboxylic acids is 4. The number of hydrogen-bond acceptors (Lipinski definition) is 6. The Balaban J connectivity index is 2.20. The minimum absolute atomic E-state index is 0.286. The number of nitrogens with two attached hydrogens (primary N) is 1. The van der Waals surface area contributed by atoms with E-state index in [0.29, 0.717) is 16.2 Å². The number of imide groups is 1. The second-order valence-electron chi connectivity index (χ2n) is 5.10. The van der Waals surface area contributed by atoms with Gasteiger partial charge in [-0.15, -0.1) is 0 Å². The Morgan fingerprint density at radius 2 is 1.91 bits per heavy atom. The highest BCUT2D eigenvalue weighted by atomic mass is 16.5. The monoisotopic (exact) mass is 320 g/mol. The molecule has 9 nitrogen and oxygen atoms in total. The van der Waals surface area contributed by atoms with E-state index in [2.05, 4.69) is 5.32 Å². The van der Waals surface area contributed by atoms with Crippen molar-refractivity contribution in [1.82, 2.24) is 10.2 Å². The number of amides is 4. The lowest BCUT2D eigenvalue weighted by atomic mass is 9.92. The van der Waals surface area contributed by atoms with Crippen molar-refractivity contribution in [3.8, 4) is 5.75 Å². The molecule has 1 heterocycles. The highest BCUT2D eigenvalue weighted by Gasteiger charge is 2.48. The third kappa shape index (κ3) is 3.23. The Bertz CT molecular complexity index is 672. The summed E-state index contributed by atoms with van der Waals surface area (Å²) in [6.45, 7) is 0.355. The Morgan fingerprint density at radius 3 is 2.43 bits per heavy atom. The van der Waals surface area contributed by atoms with Crippen molar-refractivity contribution in [2.75, 3.05) is 13.2 Å². The number of carboxylic acid groups (broad SMARTS) is 1. The van der Waals surface area contributed by atoms with Crippen LogP contribution in [-0.4, -0.2) is 41.9 Å². The topological polar surface area (TPSA) is 142 Å². The van der Waals surface area contributed by atoms with Crippen LogP contribution in [0.15, 0.2) is 24.3 Å². The number of nitrogens with zero attached hydrogens (tertiary/aromatic N) is 1. The molecular weight excluding hydrogens is 306 g/mol. The van der Waals surface area contributed by atoms with Crippen molar-refractivity contribution in [2.45, 2.75) is 12.5 Å². The third-order valence-corrected chi connectivity index (χ3v) is 3.37. The van der Waals surface area contributed by atoms with Gasteiger partial charge in [-0.05, 0) is 24.6 Å². The normalized spacial score (nSPS) is 20.3. The summed E-state index contributed by atoms with van der Waals surface area (Å²) in [6, 6.07) is 5.25. The largest absolute Gasteiger partial charge is 0.548 e. The molecule has 1 aliphatic rings. The quantitative estimate of drug-likeness (QED) is 0.584. The van der Waals surface area contributed by atoms with Crippen molar-refractivity contribution < 1.29 is 29.0 Å². The summed E-state index contributed by atoms with van der Waals surface area (Å²) in [5, 5.41) is 13.1.